The summed E-state index contributed by atoms with van der Waals surface area (Å²) in [6, 6.07) is 4.04. The number of rotatable bonds is 4. The third-order valence-corrected chi connectivity index (χ3v) is 5.82. The summed E-state index contributed by atoms with van der Waals surface area (Å²) in [5, 5.41) is 100. The maximum Gasteiger partial charge on any atom is 0.200 e. The number of fused-ring (bicyclic) bond motifs is 1. The number of hydrogen-bond donors (Lipinski definition) is 10. The van der Waals surface area contributed by atoms with Gasteiger partial charge in [-0.2, -0.15) is 0 Å². The summed E-state index contributed by atoms with van der Waals surface area (Å²) in [5.74, 6) is -3.40. The minimum Gasteiger partial charge on any atom is -0.508 e. The quantitative estimate of drug-likeness (QED) is 0.225. The highest BCUT2D eigenvalue weighted by atomic mass is 16.7. The molecule has 0 amide bonds. The Morgan fingerprint density at radius 3 is 2.06 bits per heavy atom. The summed E-state index contributed by atoms with van der Waals surface area (Å²) in [4.78, 5) is 0. The molecule has 10 N–H and O–H groups in total. The molecular weight excluding hydrogens is 460 g/mol. The molecule has 2 aliphatic rings. The number of aromatic hydroxyl groups is 5. The summed E-state index contributed by atoms with van der Waals surface area (Å²) in [6.45, 7) is -0.736. The van der Waals surface area contributed by atoms with Gasteiger partial charge in [0.25, 0.3) is 0 Å². The van der Waals surface area contributed by atoms with E-state index in [-0.39, 0.29) is 16.9 Å². The molecule has 4 rings (SSSR count). The van der Waals surface area contributed by atoms with E-state index in [9.17, 15) is 51.1 Å². The van der Waals surface area contributed by atoms with Gasteiger partial charge in [0.1, 0.15) is 53.9 Å². The summed E-state index contributed by atoms with van der Waals surface area (Å²) in [7, 11) is 0. The topological polar surface area (TPSA) is 230 Å². The first-order valence-electron chi connectivity index (χ1n) is 10.1. The Hall–Kier alpha value is -3.04. The van der Waals surface area contributed by atoms with Crippen molar-refractivity contribution in [1.29, 1.82) is 0 Å². The number of aliphatic hydroxyl groups is 5. The Bertz CT molecular complexity index is 1030. The zero-order valence-electron chi connectivity index (χ0n) is 17.3. The SMILES string of the molecule is OC[C@H]1O[C@@H](O[C@H]2[C@@H](O)c3c(O)cc(O)cc3O[C@H]2c2cc(O)c(O)c(O)c2)[C@H](O)[C@@H](O)[C@H]1O. The Morgan fingerprint density at radius 2 is 1.44 bits per heavy atom. The second kappa shape index (κ2) is 8.96. The van der Waals surface area contributed by atoms with E-state index in [1.807, 2.05) is 0 Å². The van der Waals surface area contributed by atoms with Crippen LogP contribution in [0.1, 0.15) is 23.3 Å². The van der Waals surface area contributed by atoms with E-state index in [2.05, 4.69) is 0 Å². The van der Waals surface area contributed by atoms with Gasteiger partial charge in [-0.25, -0.2) is 0 Å². The molecule has 8 atom stereocenters. The average Bonchev–Trinajstić information content (AvgIpc) is 2.78. The smallest absolute Gasteiger partial charge is 0.200 e. The number of aliphatic hydroxyl groups excluding tert-OH is 5. The standard InChI is InChI=1S/C21H24O13/c22-5-12-15(28)17(30)18(31)21(33-12)34-20-16(29)13-8(24)3-7(23)4-11(13)32-19(20)6-1-9(25)14(27)10(26)2-6/h1-4,12,15-31H,5H2/t12-,15+,16+,17+,18-,19+,20+,21+/m1/s1. The highest BCUT2D eigenvalue weighted by Crippen LogP contribution is 2.50. The van der Waals surface area contributed by atoms with Crippen molar-refractivity contribution in [2.45, 2.75) is 49.0 Å². The lowest BCUT2D eigenvalue weighted by atomic mass is 9.90. The van der Waals surface area contributed by atoms with Crippen LogP contribution in [0.25, 0.3) is 0 Å². The number of ether oxygens (including phenoxy) is 3. The molecule has 2 heterocycles. The number of phenolic OH excluding ortho intramolecular Hbond substituents is 5. The highest BCUT2D eigenvalue weighted by Gasteiger charge is 2.49. The van der Waals surface area contributed by atoms with Crippen molar-refractivity contribution >= 4 is 0 Å². The molecule has 2 aliphatic heterocycles. The molecule has 1 fully saturated rings. The maximum absolute atomic E-state index is 11.1. The van der Waals surface area contributed by atoms with Gasteiger partial charge in [0.15, 0.2) is 29.6 Å². The summed E-state index contributed by atoms with van der Waals surface area (Å²) in [5.41, 5.74) is -0.231. The van der Waals surface area contributed by atoms with Crippen LogP contribution in [0, 0.1) is 0 Å². The first kappa shape index (κ1) is 24.1. The second-order valence-corrected chi connectivity index (χ2v) is 8.07. The minimum atomic E-state index is -1.83. The first-order chi connectivity index (χ1) is 16.0. The predicted molar refractivity (Wildman–Crippen MR) is 108 cm³/mol. The molecule has 186 valence electrons. The van der Waals surface area contributed by atoms with E-state index in [0.29, 0.717) is 0 Å². The van der Waals surface area contributed by atoms with E-state index in [1.165, 1.54) is 0 Å². The van der Waals surface area contributed by atoms with Crippen LogP contribution in [0.5, 0.6) is 34.5 Å². The lowest BCUT2D eigenvalue weighted by Gasteiger charge is -2.44. The normalized spacial score (nSPS) is 33.2. The zero-order valence-corrected chi connectivity index (χ0v) is 17.3. The molecule has 0 radical (unpaired) electrons. The molecule has 0 saturated carbocycles. The lowest BCUT2D eigenvalue weighted by molar-refractivity contribution is -0.325. The third kappa shape index (κ3) is 4.03. The molecule has 1 saturated heterocycles. The Labute approximate surface area is 191 Å². The Balaban J connectivity index is 1.77. The highest BCUT2D eigenvalue weighted by molar-refractivity contribution is 5.55. The molecule has 2 aromatic rings. The van der Waals surface area contributed by atoms with Crippen LogP contribution in [-0.4, -0.2) is 94.5 Å². The van der Waals surface area contributed by atoms with Crippen molar-refractivity contribution in [1.82, 2.24) is 0 Å². The fourth-order valence-electron chi connectivity index (χ4n) is 4.05. The third-order valence-electron chi connectivity index (χ3n) is 5.82. The van der Waals surface area contributed by atoms with E-state index in [1.54, 1.807) is 0 Å². The van der Waals surface area contributed by atoms with Crippen LogP contribution < -0.4 is 4.74 Å². The van der Waals surface area contributed by atoms with Crippen molar-refractivity contribution in [3.63, 3.8) is 0 Å². The van der Waals surface area contributed by atoms with Gasteiger partial charge >= 0.3 is 0 Å². The van der Waals surface area contributed by atoms with Crippen LogP contribution >= 0.6 is 0 Å². The molecule has 2 aromatic carbocycles. The molecule has 13 nitrogen and oxygen atoms in total. The number of hydrogen-bond acceptors (Lipinski definition) is 13. The fraction of sp³-hybridized carbons (Fsp3) is 0.429. The molecular formula is C21H24O13. The van der Waals surface area contributed by atoms with Gasteiger partial charge in [0.05, 0.1) is 12.2 Å². The molecule has 34 heavy (non-hydrogen) atoms. The molecule has 0 spiro atoms. The van der Waals surface area contributed by atoms with Crippen LogP contribution in [0.3, 0.4) is 0 Å². The van der Waals surface area contributed by atoms with Gasteiger partial charge in [0, 0.05) is 17.7 Å². The van der Waals surface area contributed by atoms with Crippen molar-refractivity contribution < 1.29 is 65.3 Å². The Kier molecular flexibility index (Phi) is 6.35. The fourth-order valence-corrected chi connectivity index (χ4v) is 4.05. The summed E-state index contributed by atoms with van der Waals surface area (Å²) >= 11 is 0. The van der Waals surface area contributed by atoms with Crippen LogP contribution in [0.2, 0.25) is 0 Å². The average molecular weight is 484 g/mol. The molecule has 0 aliphatic carbocycles. The lowest BCUT2D eigenvalue weighted by Crippen LogP contribution is -2.60. The van der Waals surface area contributed by atoms with Crippen molar-refractivity contribution in [2.24, 2.45) is 0 Å². The number of phenols is 5. The summed E-state index contributed by atoms with van der Waals surface area (Å²) < 4.78 is 16.8. The Morgan fingerprint density at radius 1 is 0.794 bits per heavy atom. The van der Waals surface area contributed by atoms with Gasteiger partial charge in [-0.1, -0.05) is 0 Å². The maximum atomic E-state index is 11.1. The van der Waals surface area contributed by atoms with Crippen molar-refractivity contribution in [3.05, 3.63) is 35.4 Å². The molecule has 0 unspecified atom stereocenters. The second-order valence-electron chi connectivity index (χ2n) is 8.07. The van der Waals surface area contributed by atoms with Gasteiger partial charge in [0.2, 0.25) is 0 Å². The van der Waals surface area contributed by atoms with E-state index < -0.39 is 84.4 Å². The molecule has 13 heteroatoms. The van der Waals surface area contributed by atoms with E-state index >= 15 is 0 Å². The van der Waals surface area contributed by atoms with Crippen LogP contribution in [0.4, 0.5) is 0 Å². The largest absolute Gasteiger partial charge is 0.508 e. The predicted octanol–water partition coefficient (Wildman–Crippen LogP) is -1.43. The van der Waals surface area contributed by atoms with Gasteiger partial charge in [-0.15, -0.1) is 0 Å². The first-order valence-corrected chi connectivity index (χ1v) is 10.1. The summed E-state index contributed by atoms with van der Waals surface area (Å²) in [6.07, 6.45) is -13.0. The van der Waals surface area contributed by atoms with Crippen LogP contribution in [-0.2, 0) is 9.47 Å². The molecule has 0 aromatic heterocycles. The van der Waals surface area contributed by atoms with Crippen molar-refractivity contribution in [3.8, 4) is 34.5 Å². The number of benzene rings is 2. The van der Waals surface area contributed by atoms with Gasteiger partial charge in [-0.3, -0.25) is 0 Å². The van der Waals surface area contributed by atoms with Gasteiger partial charge in [-0.05, 0) is 12.1 Å². The van der Waals surface area contributed by atoms with Crippen molar-refractivity contribution in [2.75, 3.05) is 6.61 Å². The molecule has 0 bridgehead atoms. The van der Waals surface area contributed by atoms with Gasteiger partial charge < -0.3 is 65.3 Å². The monoisotopic (exact) mass is 484 g/mol. The van der Waals surface area contributed by atoms with E-state index in [0.717, 1.165) is 24.3 Å². The van der Waals surface area contributed by atoms with E-state index in [4.69, 9.17) is 14.2 Å². The minimum absolute atomic E-state index is 0.0325. The zero-order chi connectivity index (χ0) is 24.9. The van der Waals surface area contributed by atoms with Crippen LogP contribution in [0.15, 0.2) is 24.3 Å².